The van der Waals surface area contributed by atoms with E-state index < -0.39 is 0 Å². The molecule has 3 nitrogen and oxygen atoms in total. The number of nitrogens with one attached hydrogen (secondary N) is 1. The molecule has 1 aromatic heterocycles. The van der Waals surface area contributed by atoms with Crippen molar-refractivity contribution in [1.29, 1.82) is 0 Å². The van der Waals surface area contributed by atoms with Gasteiger partial charge in [-0.1, -0.05) is 50.9 Å². The Morgan fingerprint density at radius 2 is 1.68 bits per heavy atom. The van der Waals surface area contributed by atoms with Crippen LogP contribution >= 0.6 is 23.2 Å². The van der Waals surface area contributed by atoms with Crippen LogP contribution in [-0.4, -0.2) is 16.2 Å². The van der Waals surface area contributed by atoms with Crippen molar-refractivity contribution in [2.45, 2.75) is 53.0 Å². The summed E-state index contributed by atoms with van der Waals surface area (Å²) in [5.74, 6) is 0. The topological polar surface area (TPSA) is 37.8 Å². The van der Waals surface area contributed by atoms with Gasteiger partial charge in [0.25, 0.3) is 0 Å². The molecule has 1 N–H and O–H groups in total. The van der Waals surface area contributed by atoms with Gasteiger partial charge in [-0.05, 0) is 30.1 Å². The maximum absolute atomic E-state index is 6.06. The van der Waals surface area contributed by atoms with Crippen LogP contribution in [0.1, 0.15) is 47.0 Å². The Kier molecular flexibility index (Phi) is 3.99. The molecule has 0 bridgehead atoms. The Morgan fingerprint density at radius 3 is 2.26 bits per heavy atom. The summed E-state index contributed by atoms with van der Waals surface area (Å²) in [5, 5.41) is 11.8. The van der Waals surface area contributed by atoms with Crippen LogP contribution in [0, 0.1) is 10.8 Å². The van der Waals surface area contributed by atoms with Crippen molar-refractivity contribution in [2.24, 2.45) is 10.8 Å². The van der Waals surface area contributed by atoms with Gasteiger partial charge in [-0.25, -0.2) is 0 Å². The molecule has 1 aliphatic rings. The van der Waals surface area contributed by atoms with Crippen LogP contribution in [0.25, 0.3) is 0 Å². The summed E-state index contributed by atoms with van der Waals surface area (Å²) < 4.78 is 0. The predicted octanol–water partition coefficient (Wildman–Crippen LogP) is 4.80. The first-order valence-corrected chi connectivity index (χ1v) is 7.38. The lowest BCUT2D eigenvalue weighted by molar-refractivity contribution is 0.105. The maximum atomic E-state index is 6.06. The van der Waals surface area contributed by atoms with E-state index in [0.717, 1.165) is 18.5 Å². The number of hydrogen-bond acceptors (Lipinski definition) is 3. The zero-order chi connectivity index (χ0) is 14.3. The predicted molar refractivity (Wildman–Crippen MR) is 80.9 cm³/mol. The minimum absolute atomic E-state index is 0.330. The molecule has 0 aliphatic heterocycles. The van der Waals surface area contributed by atoms with Gasteiger partial charge in [0.2, 0.25) is 0 Å². The molecule has 1 saturated carbocycles. The van der Waals surface area contributed by atoms with Gasteiger partial charge >= 0.3 is 0 Å². The van der Waals surface area contributed by atoms with Gasteiger partial charge in [-0.3, -0.25) is 0 Å². The number of hydrogen-bond donors (Lipinski definition) is 1. The molecular weight excluding hydrogens is 281 g/mol. The molecule has 0 radical (unpaired) electrons. The molecule has 0 spiro atoms. The quantitative estimate of drug-likeness (QED) is 0.852. The largest absolute Gasteiger partial charge is 0.380 e. The highest BCUT2D eigenvalue weighted by molar-refractivity contribution is 6.33. The normalized spacial score (nSPS) is 22.2. The van der Waals surface area contributed by atoms with E-state index in [0.29, 0.717) is 27.2 Å². The summed E-state index contributed by atoms with van der Waals surface area (Å²) in [5.41, 5.74) is 1.44. The molecule has 0 saturated heterocycles. The maximum Gasteiger partial charge on any atom is 0.174 e. The molecule has 1 aromatic rings. The molecule has 0 unspecified atom stereocenters. The first kappa shape index (κ1) is 14.9. The number of halogens is 2. The minimum atomic E-state index is 0.330. The van der Waals surface area contributed by atoms with Crippen LogP contribution in [0.5, 0.6) is 0 Å². The Hall–Kier alpha value is -0.540. The van der Waals surface area contributed by atoms with Crippen LogP contribution in [0.2, 0.25) is 10.3 Å². The van der Waals surface area contributed by atoms with Crippen molar-refractivity contribution < 1.29 is 0 Å². The Labute approximate surface area is 125 Å². The zero-order valence-corrected chi connectivity index (χ0v) is 13.4. The second kappa shape index (κ2) is 5.10. The first-order chi connectivity index (χ1) is 8.67. The summed E-state index contributed by atoms with van der Waals surface area (Å²) in [6, 6.07) is 2.13. The molecule has 0 amide bonds. The molecule has 2 rings (SSSR count). The highest BCUT2D eigenvalue weighted by Crippen LogP contribution is 2.46. The smallest absolute Gasteiger partial charge is 0.174 e. The van der Waals surface area contributed by atoms with Crippen molar-refractivity contribution in [3.05, 3.63) is 16.4 Å². The third-order valence-electron chi connectivity index (χ3n) is 3.63. The van der Waals surface area contributed by atoms with Gasteiger partial charge in [-0.15, -0.1) is 10.2 Å². The van der Waals surface area contributed by atoms with E-state index in [1.807, 2.05) is 0 Å². The van der Waals surface area contributed by atoms with Crippen molar-refractivity contribution in [3.63, 3.8) is 0 Å². The lowest BCUT2D eigenvalue weighted by atomic mass is 9.63. The molecule has 19 heavy (non-hydrogen) atoms. The summed E-state index contributed by atoms with van der Waals surface area (Å²) in [7, 11) is 0. The van der Waals surface area contributed by atoms with E-state index in [-0.39, 0.29) is 0 Å². The summed E-state index contributed by atoms with van der Waals surface area (Å²) in [4.78, 5) is 0. The van der Waals surface area contributed by atoms with Crippen LogP contribution in [0.3, 0.4) is 0 Å². The Morgan fingerprint density at radius 1 is 1.11 bits per heavy atom. The first-order valence-electron chi connectivity index (χ1n) is 6.62. The number of anilines is 1. The molecule has 5 heteroatoms. The molecule has 0 aromatic carbocycles. The van der Waals surface area contributed by atoms with Crippen molar-refractivity contribution in [3.8, 4) is 0 Å². The lowest BCUT2D eigenvalue weighted by Crippen LogP contribution is -2.40. The molecule has 0 atom stereocenters. The molecule has 1 heterocycles. The second-order valence-electron chi connectivity index (χ2n) is 7.13. The van der Waals surface area contributed by atoms with E-state index in [9.17, 15) is 0 Å². The van der Waals surface area contributed by atoms with Gasteiger partial charge in [0.15, 0.2) is 10.3 Å². The lowest BCUT2D eigenvalue weighted by Gasteiger charge is -2.45. The van der Waals surface area contributed by atoms with Gasteiger partial charge in [0, 0.05) is 12.1 Å². The van der Waals surface area contributed by atoms with Crippen molar-refractivity contribution in [1.82, 2.24) is 10.2 Å². The summed E-state index contributed by atoms with van der Waals surface area (Å²) in [6.45, 7) is 9.29. The van der Waals surface area contributed by atoms with Crippen molar-refractivity contribution in [2.75, 3.05) is 5.32 Å². The van der Waals surface area contributed by atoms with Crippen LogP contribution in [0.4, 0.5) is 5.69 Å². The molecule has 1 aliphatic carbocycles. The van der Waals surface area contributed by atoms with Gasteiger partial charge < -0.3 is 5.32 Å². The summed E-state index contributed by atoms with van der Waals surface area (Å²) in [6.07, 6.45) is 3.47. The summed E-state index contributed by atoms with van der Waals surface area (Å²) >= 11 is 11.9. The number of rotatable bonds is 2. The average molecular weight is 302 g/mol. The van der Waals surface area contributed by atoms with Gasteiger partial charge in [0.1, 0.15) is 0 Å². The fraction of sp³-hybridized carbons (Fsp3) is 0.714. The van der Waals surface area contributed by atoms with Gasteiger partial charge in [0.05, 0.1) is 5.69 Å². The van der Waals surface area contributed by atoms with Crippen LogP contribution in [0.15, 0.2) is 6.07 Å². The third kappa shape index (κ3) is 3.96. The minimum Gasteiger partial charge on any atom is -0.380 e. The third-order valence-corrected chi connectivity index (χ3v) is 4.10. The Bertz CT molecular complexity index is 456. The highest BCUT2D eigenvalue weighted by atomic mass is 35.5. The standard InChI is InChI=1S/C14H21Cl2N3/c1-13(2)6-9(7-14(3,4)8-13)17-10-5-11(15)18-19-12(10)16/h5,9H,6-8H2,1-4H3,(H,17,18). The molecule has 1 fully saturated rings. The average Bonchev–Trinajstić information content (AvgIpc) is 2.18. The van der Waals surface area contributed by atoms with Gasteiger partial charge in [-0.2, -0.15) is 0 Å². The van der Waals surface area contributed by atoms with E-state index >= 15 is 0 Å². The van der Waals surface area contributed by atoms with E-state index in [1.54, 1.807) is 6.07 Å². The monoisotopic (exact) mass is 301 g/mol. The fourth-order valence-electron chi connectivity index (χ4n) is 3.62. The van der Waals surface area contributed by atoms with Crippen LogP contribution < -0.4 is 5.32 Å². The number of aromatic nitrogens is 2. The zero-order valence-electron chi connectivity index (χ0n) is 11.9. The van der Waals surface area contributed by atoms with Crippen molar-refractivity contribution >= 4 is 28.9 Å². The molecule has 106 valence electrons. The Balaban J connectivity index is 2.16. The molecular formula is C14H21Cl2N3. The fourth-order valence-corrected chi connectivity index (χ4v) is 3.92. The van der Waals surface area contributed by atoms with E-state index in [4.69, 9.17) is 23.2 Å². The number of nitrogens with zero attached hydrogens (tertiary/aromatic N) is 2. The highest BCUT2D eigenvalue weighted by Gasteiger charge is 2.38. The van der Waals surface area contributed by atoms with E-state index in [2.05, 4.69) is 43.2 Å². The SMILES string of the molecule is CC1(C)CC(Nc2cc(Cl)nnc2Cl)CC(C)(C)C1. The van der Waals surface area contributed by atoms with E-state index in [1.165, 1.54) is 6.42 Å². The second-order valence-corrected chi connectivity index (χ2v) is 7.87. The van der Waals surface area contributed by atoms with Crippen LogP contribution in [-0.2, 0) is 0 Å².